The number of para-hydroxylation sites is 1. The number of anilines is 1. The Kier molecular flexibility index (Phi) is 5.62. The van der Waals surface area contributed by atoms with Gasteiger partial charge in [-0.2, -0.15) is 0 Å². The fraction of sp³-hybridized carbons (Fsp3) is 0.348. The average molecular weight is 424 g/mol. The van der Waals surface area contributed by atoms with Gasteiger partial charge in [-0.15, -0.1) is 0 Å². The van der Waals surface area contributed by atoms with E-state index in [0.29, 0.717) is 31.2 Å². The van der Waals surface area contributed by atoms with Crippen molar-refractivity contribution in [3.63, 3.8) is 0 Å². The predicted octanol–water partition coefficient (Wildman–Crippen LogP) is 3.24. The largest absolute Gasteiger partial charge is 0.352 e. The molecule has 0 saturated carbocycles. The van der Waals surface area contributed by atoms with Crippen molar-refractivity contribution in [1.29, 1.82) is 0 Å². The molecule has 1 unspecified atom stereocenters. The Morgan fingerprint density at radius 1 is 1.03 bits per heavy atom. The van der Waals surface area contributed by atoms with Crippen molar-refractivity contribution in [3.05, 3.63) is 65.4 Å². The Bertz CT molecular complexity index is 1040. The van der Waals surface area contributed by atoms with Gasteiger partial charge in [0.05, 0.1) is 11.6 Å². The molecule has 1 fully saturated rings. The zero-order valence-electron chi connectivity index (χ0n) is 17.3. The van der Waals surface area contributed by atoms with E-state index in [1.165, 1.54) is 0 Å². The number of benzene rings is 2. The summed E-state index contributed by atoms with van der Waals surface area (Å²) in [5, 5.41) is 1.70. The summed E-state index contributed by atoms with van der Waals surface area (Å²) >= 11 is 6.01. The summed E-state index contributed by atoms with van der Waals surface area (Å²) in [5.41, 5.74) is 7.88. The smallest absolute Gasteiger partial charge is 0.240 e. The van der Waals surface area contributed by atoms with Gasteiger partial charge in [0, 0.05) is 42.0 Å². The summed E-state index contributed by atoms with van der Waals surface area (Å²) in [7, 11) is 0. The predicted molar refractivity (Wildman–Crippen MR) is 121 cm³/mol. The van der Waals surface area contributed by atoms with E-state index in [4.69, 9.17) is 17.3 Å². The number of nitrogens with zero attached hydrogens (tertiary/aromatic N) is 4. The minimum Gasteiger partial charge on any atom is -0.352 e. The number of piperazine rings is 1. The van der Waals surface area contributed by atoms with Crippen LogP contribution < -0.4 is 10.6 Å². The standard InChI is InChI=1S/C23H26ClN5O/c1-23(2,16-7-9-17(24)10-8-16)20(25)22(30)29-13-11-28(12-14-29)21-18-5-3-4-6-19(18)26-15-27-21/h3-10,15,20H,11-14,25H2,1-2H3. The second-order valence-corrected chi connectivity index (χ2v) is 8.67. The molecule has 0 bridgehead atoms. The van der Waals surface area contributed by atoms with E-state index in [2.05, 4.69) is 14.9 Å². The molecule has 0 aliphatic carbocycles. The fourth-order valence-corrected chi connectivity index (χ4v) is 4.07. The van der Waals surface area contributed by atoms with Gasteiger partial charge in [0.15, 0.2) is 0 Å². The third-order valence-corrected chi connectivity index (χ3v) is 6.30. The van der Waals surface area contributed by atoms with Gasteiger partial charge in [0.2, 0.25) is 5.91 Å². The number of rotatable bonds is 4. The Morgan fingerprint density at radius 2 is 1.70 bits per heavy atom. The van der Waals surface area contributed by atoms with Crippen LogP contribution in [0.5, 0.6) is 0 Å². The summed E-state index contributed by atoms with van der Waals surface area (Å²) in [6, 6.07) is 14.9. The molecule has 1 atom stereocenters. The van der Waals surface area contributed by atoms with Crippen molar-refractivity contribution in [2.45, 2.75) is 25.3 Å². The maximum Gasteiger partial charge on any atom is 0.240 e. The van der Waals surface area contributed by atoms with Crippen molar-refractivity contribution in [3.8, 4) is 0 Å². The van der Waals surface area contributed by atoms with Gasteiger partial charge in [-0.25, -0.2) is 9.97 Å². The van der Waals surface area contributed by atoms with Crippen LogP contribution in [0.15, 0.2) is 54.9 Å². The highest BCUT2D eigenvalue weighted by molar-refractivity contribution is 6.30. The first kappa shape index (κ1) is 20.6. The van der Waals surface area contributed by atoms with E-state index in [1.54, 1.807) is 6.33 Å². The van der Waals surface area contributed by atoms with Crippen molar-refractivity contribution in [2.75, 3.05) is 31.1 Å². The first-order valence-corrected chi connectivity index (χ1v) is 10.5. The summed E-state index contributed by atoms with van der Waals surface area (Å²) in [6.07, 6.45) is 1.60. The molecule has 6 nitrogen and oxygen atoms in total. The molecule has 0 spiro atoms. The lowest BCUT2D eigenvalue weighted by Gasteiger charge is -2.39. The van der Waals surface area contributed by atoms with Crippen LogP contribution in [0.2, 0.25) is 5.02 Å². The first-order valence-electron chi connectivity index (χ1n) is 10.1. The van der Waals surface area contributed by atoms with E-state index in [0.717, 1.165) is 22.3 Å². The SMILES string of the molecule is CC(C)(c1ccc(Cl)cc1)C(N)C(=O)N1CCN(c2ncnc3ccccc23)CC1. The van der Waals surface area contributed by atoms with Crippen LogP contribution in [0.4, 0.5) is 5.82 Å². The number of halogens is 1. The number of hydrogen-bond donors (Lipinski definition) is 1. The van der Waals surface area contributed by atoms with Gasteiger partial charge < -0.3 is 15.5 Å². The number of aromatic nitrogens is 2. The van der Waals surface area contributed by atoms with Crippen LogP contribution in [0.25, 0.3) is 10.9 Å². The van der Waals surface area contributed by atoms with Crippen LogP contribution in [-0.4, -0.2) is 53.0 Å². The number of nitrogens with two attached hydrogens (primary N) is 1. The molecule has 2 heterocycles. The highest BCUT2D eigenvalue weighted by Gasteiger charge is 2.37. The monoisotopic (exact) mass is 423 g/mol. The molecule has 156 valence electrons. The highest BCUT2D eigenvalue weighted by Crippen LogP contribution is 2.29. The third kappa shape index (κ3) is 3.85. The van der Waals surface area contributed by atoms with Crippen LogP contribution in [-0.2, 0) is 10.2 Å². The maximum atomic E-state index is 13.2. The molecular weight excluding hydrogens is 398 g/mol. The molecule has 2 N–H and O–H groups in total. The number of hydrogen-bond acceptors (Lipinski definition) is 5. The van der Waals surface area contributed by atoms with E-state index < -0.39 is 11.5 Å². The molecule has 1 aromatic heterocycles. The second kappa shape index (κ2) is 8.20. The molecule has 30 heavy (non-hydrogen) atoms. The van der Waals surface area contributed by atoms with Crippen LogP contribution >= 0.6 is 11.6 Å². The number of carbonyl (C=O) groups is 1. The molecule has 1 aliphatic rings. The zero-order valence-corrected chi connectivity index (χ0v) is 18.0. The van der Waals surface area contributed by atoms with Gasteiger partial charge >= 0.3 is 0 Å². The normalized spacial score (nSPS) is 16.0. The van der Waals surface area contributed by atoms with Gasteiger partial charge in [-0.3, -0.25) is 4.79 Å². The van der Waals surface area contributed by atoms with Crippen molar-refractivity contribution >= 4 is 34.2 Å². The molecule has 3 aromatic rings. The van der Waals surface area contributed by atoms with Gasteiger partial charge in [0.25, 0.3) is 0 Å². The van der Waals surface area contributed by atoms with Gasteiger partial charge in [0.1, 0.15) is 12.1 Å². The van der Waals surface area contributed by atoms with Crippen molar-refractivity contribution in [1.82, 2.24) is 14.9 Å². The van der Waals surface area contributed by atoms with E-state index >= 15 is 0 Å². The number of amides is 1. The molecule has 1 aliphatic heterocycles. The maximum absolute atomic E-state index is 13.2. The summed E-state index contributed by atoms with van der Waals surface area (Å²) in [5.74, 6) is 0.889. The molecule has 1 saturated heterocycles. The Balaban J connectivity index is 1.45. The quantitative estimate of drug-likeness (QED) is 0.697. The highest BCUT2D eigenvalue weighted by atomic mass is 35.5. The topological polar surface area (TPSA) is 75.4 Å². The lowest BCUT2D eigenvalue weighted by molar-refractivity contribution is -0.134. The van der Waals surface area contributed by atoms with E-state index in [1.807, 2.05) is 67.3 Å². The van der Waals surface area contributed by atoms with Gasteiger partial charge in [-0.1, -0.05) is 49.7 Å². The molecule has 1 amide bonds. The lowest BCUT2D eigenvalue weighted by Crippen LogP contribution is -2.58. The van der Waals surface area contributed by atoms with Crippen LogP contribution in [0, 0.1) is 0 Å². The molecular formula is C23H26ClN5O. The number of fused-ring (bicyclic) bond motifs is 1. The summed E-state index contributed by atoms with van der Waals surface area (Å²) in [6.45, 7) is 6.65. The Morgan fingerprint density at radius 3 is 2.40 bits per heavy atom. The molecule has 4 rings (SSSR count). The minimum atomic E-state index is -0.634. The minimum absolute atomic E-state index is 0.0258. The average Bonchev–Trinajstić information content (AvgIpc) is 2.78. The number of carbonyl (C=O) groups excluding carboxylic acids is 1. The van der Waals surface area contributed by atoms with E-state index in [-0.39, 0.29) is 5.91 Å². The summed E-state index contributed by atoms with van der Waals surface area (Å²) in [4.78, 5) is 26.1. The molecule has 0 radical (unpaired) electrons. The Hall–Kier alpha value is -2.70. The third-order valence-electron chi connectivity index (χ3n) is 6.04. The summed E-state index contributed by atoms with van der Waals surface area (Å²) < 4.78 is 0. The molecule has 2 aromatic carbocycles. The Labute approximate surface area is 181 Å². The van der Waals surface area contributed by atoms with Crippen LogP contribution in [0.3, 0.4) is 0 Å². The second-order valence-electron chi connectivity index (χ2n) is 8.23. The zero-order chi connectivity index (χ0) is 21.3. The van der Waals surface area contributed by atoms with Gasteiger partial charge in [-0.05, 0) is 29.8 Å². The van der Waals surface area contributed by atoms with Crippen LogP contribution in [0.1, 0.15) is 19.4 Å². The van der Waals surface area contributed by atoms with E-state index in [9.17, 15) is 4.79 Å². The fourth-order valence-electron chi connectivity index (χ4n) is 3.95. The molecule has 7 heteroatoms. The lowest BCUT2D eigenvalue weighted by atomic mass is 9.77. The first-order chi connectivity index (χ1) is 14.4. The van der Waals surface area contributed by atoms with Crippen molar-refractivity contribution < 1.29 is 4.79 Å². The van der Waals surface area contributed by atoms with Crippen molar-refractivity contribution in [2.24, 2.45) is 5.73 Å².